The van der Waals surface area contributed by atoms with Crippen LogP contribution in [-0.2, 0) is 12.8 Å². The van der Waals surface area contributed by atoms with Crippen molar-refractivity contribution in [3.05, 3.63) is 29.3 Å². The zero-order valence-electron chi connectivity index (χ0n) is 10.9. The van der Waals surface area contributed by atoms with Gasteiger partial charge in [0.1, 0.15) is 5.75 Å². The lowest BCUT2D eigenvalue weighted by atomic mass is 9.97. The lowest BCUT2D eigenvalue weighted by Gasteiger charge is -2.13. The first kappa shape index (κ1) is 13.1. The molecular weight excluding hydrogens is 196 g/mol. The Morgan fingerprint density at radius 1 is 1.00 bits per heavy atom. The Hall–Kier alpha value is -0.980. The van der Waals surface area contributed by atoms with Gasteiger partial charge in [-0.15, -0.1) is 0 Å². The molecule has 0 heterocycles. The quantitative estimate of drug-likeness (QED) is 0.662. The molecule has 1 heteroatoms. The van der Waals surface area contributed by atoms with E-state index >= 15 is 0 Å². The Morgan fingerprint density at radius 3 is 2.31 bits per heavy atom. The minimum atomic E-state index is 1.07. The zero-order chi connectivity index (χ0) is 11.8. The molecule has 0 bridgehead atoms. The molecular formula is C15H24O. The summed E-state index contributed by atoms with van der Waals surface area (Å²) in [6.07, 6.45) is 7.35. The summed E-state index contributed by atoms with van der Waals surface area (Å²) in [6, 6.07) is 6.45. The van der Waals surface area contributed by atoms with Crippen molar-refractivity contribution in [2.24, 2.45) is 0 Å². The fraction of sp³-hybridized carbons (Fsp3) is 0.600. The Balaban J connectivity index is 2.86. The fourth-order valence-electron chi connectivity index (χ4n) is 2.04. The van der Waals surface area contributed by atoms with Gasteiger partial charge in [0, 0.05) is 0 Å². The highest BCUT2D eigenvalue weighted by molar-refractivity contribution is 5.40. The Morgan fingerprint density at radius 2 is 1.69 bits per heavy atom. The van der Waals surface area contributed by atoms with Crippen LogP contribution in [0.1, 0.15) is 50.7 Å². The number of aryl methyl sites for hydroxylation is 1. The van der Waals surface area contributed by atoms with Gasteiger partial charge in [-0.05, 0) is 42.9 Å². The molecule has 0 aromatic heterocycles. The molecule has 0 unspecified atom stereocenters. The molecule has 0 aliphatic heterocycles. The van der Waals surface area contributed by atoms with Gasteiger partial charge in [0.15, 0.2) is 0 Å². The summed E-state index contributed by atoms with van der Waals surface area (Å²) >= 11 is 0. The number of ether oxygens (including phenoxy) is 1. The van der Waals surface area contributed by atoms with Gasteiger partial charge in [-0.2, -0.15) is 0 Å². The first-order chi connectivity index (χ1) is 7.83. The van der Waals surface area contributed by atoms with E-state index in [1.54, 1.807) is 7.11 Å². The standard InChI is InChI=1S/C15H24O/c1-4-6-9-13-10-8-12-15(16-3)14(13)11-7-5-2/h8,10,12H,4-7,9,11H2,1-3H3. The van der Waals surface area contributed by atoms with Crippen LogP contribution in [0.2, 0.25) is 0 Å². The summed E-state index contributed by atoms with van der Waals surface area (Å²) in [5, 5.41) is 0. The molecule has 1 rings (SSSR count). The number of hydrogen-bond acceptors (Lipinski definition) is 1. The highest BCUT2D eigenvalue weighted by atomic mass is 16.5. The second-order valence-electron chi connectivity index (χ2n) is 4.31. The monoisotopic (exact) mass is 220 g/mol. The van der Waals surface area contributed by atoms with Gasteiger partial charge in [0.2, 0.25) is 0 Å². The summed E-state index contributed by atoms with van der Waals surface area (Å²) < 4.78 is 5.46. The normalized spacial score (nSPS) is 10.4. The zero-order valence-corrected chi connectivity index (χ0v) is 10.9. The van der Waals surface area contributed by atoms with Crippen LogP contribution >= 0.6 is 0 Å². The first-order valence-electron chi connectivity index (χ1n) is 6.48. The molecule has 0 atom stereocenters. The number of benzene rings is 1. The van der Waals surface area contributed by atoms with Crippen LogP contribution in [0.4, 0.5) is 0 Å². The molecule has 0 saturated heterocycles. The molecule has 0 N–H and O–H groups in total. The molecule has 0 radical (unpaired) electrons. The molecule has 1 nitrogen and oxygen atoms in total. The lowest BCUT2D eigenvalue weighted by molar-refractivity contribution is 0.408. The molecule has 0 aliphatic rings. The summed E-state index contributed by atoms with van der Waals surface area (Å²) in [7, 11) is 1.77. The van der Waals surface area contributed by atoms with Crippen molar-refractivity contribution in [3.8, 4) is 5.75 Å². The first-order valence-corrected chi connectivity index (χ1v) is 6.48. The Labute approximate surface area is 99.8 Å². The highest BCUT2D eigenvalue weighted by Crippen LogP contribution is 2.25. The van der Waals surface area contributed by atoms with E-state index in [9.17, 15) is 0 Å². The van der Waals surface area contributed by atoms with Gasteiger partial charge >= 0.3 is 0 Å². The smallest absolute Gasteiger partial charge is 0.122 e. The van der Waals surface area contributed by atoms with E-state index in [-0.39, 0.29) is 0 Å². The van der Waals surface area contributed by atoms with Crippen LogP contribution in [-0.4, -0.2) is 7.11 Å². The van der Waals surface area contributed by atoms with Gasteiger partial charge < -0.3 is 4.74 Å². The molecule has 1 aromatic carbocycles. The lowest BCUT2D eigenvalue weighted by Crippen LogP contribution is -1.99. The summed E-state index contributed by atoms with van der Waals surface area (Å²) in [6.45, 7) is 4.48. The molecule has 0 saturated carbocycles. The second kappa shape index (κ2) is 7.32. The maximum Gasteiger partial charge on any atom is 0.122 e. The van der Waals surface area contributed by atoms with Crippen molar-refractivity contribution in [3.63, 3.8) is 0 Å². The summed E-state index contributed by atoms with van der Waals surface area (Å²) in [4.78, 5) is 0. The summed E-state index contributed by atoms with van der Waals surface area (Å²) in [5.74, 6) is 1.07. The van der Waals surface area contributed by atoms with E-state index in [0.717, 1.165) is 12.2 Å². The second-order valence-corrected chi connectivity index (χ2v) is 4.31. The third-order valence-corrected chi connectivity index (χ3v) is 3.03. The minimum Gasteiger partial charge on any atom is -0.496 e. The minimum absolute atomic E-state index is 1.07. The van der Waals surface area contributed by atoms with Crippen LogP contribution in [0.5, 0.6) is 5.75 Å². The third-order valence-electron chi connectivity index (χ3n) is 3.03. The predicted molar refractivity (Wildman–Crippen MR) is 70.2 cm³/mol. The number of methoxy groups -OCH3 is 1. The van der Waals surface area contributed by atoms with E-state index in [4.69, 9.17) is 4.74 Å². The Kier molecular flexibility index (Phi) is 5.99. The number of hydrogen-bond donors (Lipinski definition) is 0. The molecule has 0 spiro atoms. The van der Waals surface area contributed by atoms with Crippen LogP contribution in [0, 0.1) is 0 Å². The van der Waals surface area contributed by atoms with Gasteiger partial charge in [-0.1, -0.05) is 38.8 Å². The number of unbranched alkanes of at least 4 members (excludes halogenated alkanes) is 2. The van der Waals surface area contributed by atoms with Crippen LogP contribution in [0.25, 0.3) is 0 Å². The van der Waals surface area contributed by atoms with Crippen LogP contribution in [0.3, 0.4) is 0 Å². The largest absolute Gasteiger partial charge is 0.496 e. The maximum absolute atomic E-state index is 5.46. The van der Waals surface area contributed by atoms with Crippen LogP contribution in [0.15, 0.2) is 18.2 Å². The van der Waals surface area contributed by atoms with Gasteiger partial charge in [-0.25, -0.2) is 0 Å². The predicted octanol–water partition coefficient (Wildman–Crippen LogP) is 4.38. The fourth-order valence-corrected chi connectivity index (χ4v) is 2.04. The van der Waals surface area contributed by atoms with Gasteiger partial charge in [0.05, 0.1) is 7.11 Å². The van der Waals surface area contributed by atoms with E-state index < -0.39 is 0 Å². The molecule has 0 aliphatic carbocycles. The van der Waals surface area contributed by atoms with Crippen molar-refractivity contribution >= 4 is 0 Å². The number of rotatable bonds is 7. The maximum atomic E-state index is 5.46. The molecule has 0 fully saturated rings. The molecule has 1 aromatic rings. The average molecular weight is 220 g/mol. The molecule has 16 heavy (non-hydrogen) atoms. The SMILES string of the molecule is CCCCc1cccc(OC)c1CCCC. The van der Waals surface area contributed by atoms with Crippen LogP contribution < -0.4 is 4.74 Å². The van der Waals surface area contributed by atoms with Crippen molar-refractivity contribution < 1.29 is 4.74 Å². The molecule has 90 valence electrons. The third kappa shape index (κ3) is 3.55. The van der Waals surface area contributed by atoms with E-state index in [1.165, 1.54) is 43.2 Å². The van der Waals surface area contributed by atoms with Crippen molar-refractivity contribution in [1.29, 1.82) is 0 Å². The summed E-state index contributed by atoms with van der Waals surface area (Å²) in [5.41, 5.74) is 2.91. The van der Waals surface area contributed by atoms with E-state index in [0.29, 0.717) is 0 Å². The Bertz CT molecular complexity index is 304. The van der Waals surface area contributed by atoms with Crippen molar-refractivity contribution in [1.82, 2.24) is 0 Å². The van der Waals surface area contributed by atoms with Gasteiger partial charge in [-0.3, -0.25) is 0 Å². The van der Waals surface area contributed by atoms with E-state index in [2.05, 4.69) is 32.0 Å². The van der Waals surface area contributed by atoms with Gasteiger partial charge in [0.25, 0.3) is 0 Å². The average Bonchev–Trinajstić information content (AvgIpc) is 2.33. The topological polar surface area (TPSA) is 9.23 Å². The van der Waals surface area contributed by atoms with E-state index in [1.807, 2.05) is 0 Å². The highest BCUT2D eigenvalue weighted by Gasteiger charge is 2.07. The van der Waals surface area contributed by atoms with Crippen molar-refractivity contribution in [2.75, 3.05) is 7.11 Å². The van der Waals surface area contributed by atoms with Crippen molar-refractivity contribution in [2.45, 2.75) is 52.4 Å². The molecule has 0 amide bonds.